The third kappa shape index (κ3) is 3.25. The lowest BCUT2D eigenvalue weighted by Gasteiger charge is -2.14. The zero-order chi connectivity index (χ0) is 19.9. The Labute approximate surface area is 165 Å². The van der Waals surface area contributed by atoms with E-state index in [1.807, 2.05) is 0 Å². The summed E-state index contributed by atoms with van der Waals surface area (Å²) in [6, 6.07) is 15.1. The number of rotatable bonds is 3. The molecule has 3 aromatic carbocycles. The van der Waals surface area contributed by atoms with Crippen LogP contribution in [0.5, 0.6) is 0 Å². The first kappa shape index (κ1) is 18.5. The summed E-state index contributed by atoms with van der Waals surface area (Å²) in [6.07, 6.45) is 1.23. The molecule has 3 nitrogen and oxygen atoms in total. The Morgan fingerprint density at radius 1 is 0.857 bits per heavy atom. The van der Waals surface area contributed by atoms with Crippen LogP contribution in [0.3, 0.4) is 0 Å². The van der Waals surface area contributed by atoms with Crippen LogP contribution in [-0.4, -0.2) is 13.4 Å². The van der Waals surface area contributed by atoms with Gasteiger partial charge in [0.05, 0.1) is 15.3 Å². The average molecular weight is 416 g/mol. The van der Waals surface area contributed by atoms with Gasteiger partial charge in [0.25, 0.3) is 0 Å². The highest BCUT2D eigenvalue weighted by molar-refractivity contribution is 7.91. The third-order valence-electron chi connectivity index (χ3n) is 4.32. The minimum Gasteiger partial charge on any atom is -0.255 e. The molecule has 4 aromatic rings. The van der Waals surface area contributed by atoms with Gasteiger partial charge in [0.15, 0.2) is 0 Å². The predicted octanol–water partition coefficient (Wildman–Crippen LogP) is 5.67. The van der Waals surface area contributed by atoms with Crippen molar-refractivity contribution >= 4 is 32.3 Å². The summed E-state index contributed by atoms with van der Waals surface area (Å²) in [5, 5.41) is 0.745. The van der Waals surface area contributed by atoms with Crippen molar-refractivity contribution in [3.8, 4) is 11.1 Å². The van der Waals surface area contributed by atoms with Gasteiger partial charge in [-0.2, -0.15) is 0 Å². The first-order valence-electron chi connectivity index (χ1n) is 8.21. The Balaban J connectivity index is 2.09. The van der Waals surface area contributed by atoms with Gasteiger partial charge in [0, 0.05) is 22.2 Å². The van der Waals surface area contributed by atoms with Gasteiger partial charge in [-0.25, -0.2) is 17.2 Å². The van der Waals surface area contributed by atoms with E-state index in [1.165, 1.54) is 36.5 Å². The Morgan fingerprint density at radius 3 is 2.29 bits per heavy atom. The largest absolute Gasteiger partial charge is 0.255 e. The maximum atomic E-state index is 14.0. The van der Waals surface area contributed by atoms with Gasteiger partial charge < -0.3 is 0 Å². The van der Waals surface area contributed by atoms with Gasteiger partial charge in [-0.3, -0.25) is 4.98 Å². The van der Waals surface area contributed by atoms with E-state index < -0.39 is 21.5 Å². The summed E-state index contributed by atoms with van der Waals surface area (Å²) >= 11 is 6.10. The number of hydrogen-bond donors (Lipinski definition) is 0. The third-order valence-corrected chi connectivity index (χ3v) is 6.34. The molecule has 140 valence electrons. The zero-order valence-corrected chi connectivity index (χ0v) is 15.8. The quantitative estimate of drug-likeness (QED) is 0.405. The van der Waals surface area contributed by atoms with E-state index in [2.05, 4.69) is 4.98 Å². The number of sulfone groups is 1. The van der Waals surface area contributed by atoms with Crippen LogP contribution < -0.4 is 0 Å². The van der Waals surface area contributed by atoms with Gasteiger partial charge >= 0.3 is 0 Å². The normalized spacial score (nSPS) is 11.7. The van der Waals surface area contributed by atoms with Crippen LogP contribution in [0.4, 0.5) is 8.78 Å². The number of fused-ring (bicyclic) bond motifs is 1. The van der Waals surface area contributed by atoms with Gasteiger partial charge in [-0.15, -0.1) is 0 Å². The summed E-state index contributed by atoms with van der Waals surface area (Å²) in [6.45, 7) is 0. The minimum absolute atomic E-state index is 0.0882. The highest BCUT2D eigenvalue weighted by Crippen LogP contribution is 2.37. The van der Waals surface area contributed by atoms with Crippen molar-refractivity contribution in [2.24, 2.45) is 0 Å². The maximum absolute atomic E-state index is 14.0. The predicted molar refractivity (Wildman–Crippen MR) is 104 cm³/mol. The second kappa shape index (κ2) is 6.96. The fourth-order valence-corrected chi connectivity index (χ4v) is 4.66. The second-order valence-electron chi connectivity index (χ2n) is 6.13. The number of nitrogens with zero attached hydrogens (tertiary/aromatic N) is 1. The Bertz CT molecular complexity index is 1310. The number of benzene rings is 3. The van der Waals surface area contributed by atoms with Crippen LogP contribution in [0.15, 0.2) is 82.7 Å². The number of hydrogen-bond acceptors (Lipinski definition) is 3. The molecule has 0 spiro atoms. The molecule has 0 N–H and O–H groups in total. The van der Waals surface area contributed by atoms with Crippen molar-refractivity contribution in [2.45, 2.75) is 9.79 Å². The van der Waals surface area contributed by atoms with E-state index in [-0.39, 0.29) is 15.4 Å². The molecule has 0 bridgehead atoms. The molecule has 0 aliphatic carbocycles. The number of halogens is 3. The van der Waals surface area contributed by atoms with Gasteiger partial charge in [0.1, 0.15) is 11.6 Å². The summed E-state index contributed by atoms with van der Waals surface area (Å²) in [7, 11) is -4.05. The highest BCUT2D eigenvalue weighted by atomic mass is 35.5. The molecule has 0 unspecified atom stereocenters. The molecule has 7 heteroatoms. The van der Waals surface area contributed by atoms with E-state index in [4.69, 9.17) is 11.6 Å². The summed E-state index contributed by atoms with van der Waals surface area (Å²) in [5.41, 5.74) is 1.23. The highest BCUT2D eigenvalue weighted by Gasteiger charge is 2.25. The van der Waals surface area contributed by atoms with E-state index in [9.17, 15) is 17.2 Å². The summed E-state index contributed by atoms with van der Waals surface area (Å²) in [5.74, 6) is -1.07. The van der Waals surface area contributed by atoms with Crippen molar-refractivity contribution in [2.75, 3.05) is 0 Å². The molecular weight excluding hydrogens is 404 g/mol. The molecule has 0 radical (unpaired) electrons. The molecule has 28 heavy (non-hydrogen) atoms. The van der Waals surface area contributed by atoms with Crippen molar-refractivity contribution in [1.82, 2.24) is 4.98 Å². The summed E-state index contributed by atoms with van der Waals surface area (Å²) < 4.78 is 53.7. The SMILES string of the molecule is O=S(=O)(c1ccc(F)cc1)c1cnc2ccc(F)cc2c1-c1cccc(Cl)c1. The first-order valence-corrected chi connectivity index (χ1v) is 10.1. The standard InChI is InChI=1S/C21H12ClF2NO2S/c22-14-3-1-2-13(10-14)21-18-11-16(24)6-9-19(18)25-12-20(21)28(26,27)17-7-4-15(23)5-8-17/h1-12H. The van der Waals surface area contributed by atoms with Crippen molar-refractivity contribution in [3.63, 3.8) is 0 Å². The minimum atomic E-state index is -4.05. The van der Waals surface area contributed by atoms with Crippen LogP contribution in [0.2, 0.25) is 5.02 Å². The molecule has 0 fully saturated rings. The van der Waals surface area contributed by atoms with Crippen molar-refractivity contribution in [3.05, 3.63) is 89.6 Å². The molecule has 4 rings (SSSR count). The van der Waals surface area contributed by atoms with Gasteiger partial charge in [0.2, 0.25) is 9.84 Å². The van der Waals surface area contributed by atoms with E-state index >= 15 is 0 Å². The fourth-order valence-electron chi connectivity index (χ4n) is 3.03. The lowest BCUT2D eigenvalue weighted by atomic mass is 10.0. The second-order valence-corrected chi connectivity index (χ2v) is 8.48. The van der Waals surface area contributed by atoms with E-state index in [0.717, 1.165) is 12.1 Å². The average Bonchev–Trinajstić information content (AvgIpc) is 2.67. The molecule has 1 heterocycles. The van der Waals surface area contributed by atoms with Crippen LogP contribution in [0.25, 0.3) is 22.0 Å². The molecule has 0 saturated heterocycles. The van der Waals surface area contributed by atoms with Crippen LogP contribution >= 0.6 is 11.6 Å². The maximum Gasteiger partial charge on any atom is 0.208 e. The summed E-state index contributed by atoms with van der Waals surface area (Å²) in [4.78, 5) is 3.99. The Morgan fingerprint density at radius 2 is 1.57 bits per heavy atom. The molecule has 0 saturated carbocycles. The monoisotopic (exact) mass is 415 g/mol. The lowest BCUT2D eigenvalue weighted by molar-refractivity contribution is 0.594. The van der Waals surface area contributed by atoms with E-state index in [0.29, 0.717) is 21.5 Å². The van der Waals surface area contributed by atoms with Crippen molar-refractivity contribution < 1.29 is 17.2 Å². The molecule has 0 amide bonds. The van der Waals surface area contributed by atoms with Crippen LogP contribution in [0, 0.1) is 11.6 Å². The molecular formula is C21H12ClF2NO2S. The van der Waals surface area contributed by atoms with Gasteiger partial charge in [-0.1, -0.05) is 23.7 Å². The van der Waals surface area contributed by atoms with Crippen molar-refractivity contribution in [1.29, 1.82) is 0 Å². The van der Waals surface area contributed by atoms with Gasteiger partial charge in [-0.05, 0) is 60.2 Å². The fraction of sp³-hybridized carbons (Fsp3) is 0. The lowest BCUT2D eigenvalue weighted by Crippen LogP contribution is -2.06. The molecule has 0 atom stereocenters. The van der Waals surface area contributed by atoms with Crippen LogP contribution in [-0.2, 0) is 9.84 Å². The Kier molecular flexibility index (Phi) is 4.61. The molecule has 1 aromatic heterocycles. The topological polar surface area (TPSA) is 47.0 Å². The molecule has 0 aliphatic heterocycles. The van der Waals surface area contributed by atoms with Crippen LogP contribution in [0.1, 0.15) is 0 Å². The number of aromatic nitrogens is 1. The Hall–Kier alpha value is -2.83. The first-order chi connectivity index (χ1) is 13.4. The molecule has 0 aliphatic rings. The smallest absolute Gasteiger partial charge is 0.208 e. The van der Waals surface area contributed by atoms with E-state index in [1.54, 1.807) is 24.3 Å². The zero-order valence-electron chi connectivity index (χ0n) is 14.2. The number of pyridine rings is 1.